The maximum atomic E-state index is 13.7. The Labute approximate surface area is 145 Å². The summed E-state index contributed by atoms with van der Waals surface area (Å²) in [6, 6.07) is 5.23. The van der Waals surface area contributed by atoms with Crippen molar-refractivity contribution in [2.45, 2.75) is 31.8 Å². The fourth-order valence-electron chi connectivity index (χ4n) is 4.20. The van der Waals surface area contributed by atoms with Crippen molar-refractivity contribution in [3.05, 3.63) is 35.6 Å². The lowest BCUT2D eigenvalue weighted by Gasteiger charge is -2.31. The molecule has 2 aliphatic heterocycles. The molecule has 4 atom stereocenters. The van der Waals surface area contributed by atoms with E-state index in [9.17, 15) is 18.8 Å². The molecule has 0 spiro atoms. The maximum absolute atomic E-state index is 13.7. The second-order valence-corrected chi connectivity index (χ2v) is 6.42. The Morgan fingerprint density at radius 1 is 1.32 bits per heavy atom. The van der Waals surface area contributed by atoms with Crippen LogP contribution in [0.2, 0.25) is 0 Å². The van der Waals surface area contributed by atoms with Gasteiger partial charge in [0.2, 0.25) is 11.8 Å². The molecule has 2 amide bonds. The Morgan fingerprint density at radius 2 is 2.04 bits per heavy atom. The topological polar surface area (TPSA) is 75.7 Å². The van der Waals surface area contributed by atoms with Gasteiger partial charge in [-0.2, -0.15) is 0 Å². The monoisotopic (exact) mass is 348 g/mol. The molecule has 1 aromatic rings. The molecule has 0 bridgehead atoms. The lowest BCUT2D eigenvalue weighted by atomic mass is 9.78. The van der Waals surface area contributed by atoms with Gasteiger partial charge >= 0.3 is 5.97 Å². The molecule has 3 rings (SSSR count). The van der Waals surface area contributed by atoms with Crippen LogP contribution in [0.1, 0.15) is 31.9 Å². The summed E-state index contributed by atoms with van der Waals surface area (Å²) in [5.41, 5.74) is -0.763. The minimum absolute atomic E-state index is 0.238. The zero-order valence-electron chi connectivity index (χ0n) is 14.4. The summed E-state index contributed by atoms with van der Waals surface area (Å²) in [6.45, 7) is 3.72. The first-order chi connectivity index (χ1) is 11.9. The van der Waals surface area contributed by atoms with Crippen LogP contribution in [0.4, 0.5) is 4.39 Å². The summed E-state index contributed by atoms with van der Waals surface area (Å²) in [5, 5.41) is 3.15. The molecule has 2 fully saturated rings. The van der Waals surface area contributed by atoms with Gasteiger partial charge in [-0.25, -0.2) is 4.39 Å². The quantitative estimate of drug-likeness (QED) is 0.658. The Kier molecular flexibility index (Phi) is 4.36. The molecule has 25 heavy (non-hydrogen) atoms. The molecule has 134 valence electrons. The highest BCUT2D eigenvalue weighted by molar-refractivity contribution is 6.09. The largest absolute Gasteiger partial charge is 0.468 e. The highest BCUT2D eigenvalue weighted by atomic mass is 19.1. The van der Waals surface area contributed by atoms with Gasteiger partial charge in [-0.3, -0.25) is 24.6 Å². The van der Waals surface area contributed by atoms with E-state index in [1.54, 1.807) is 26.0 Å². The molecular formula is C18H21FN2O4. The van der Waals surface area contributed by atoms with Crippen LogP contribution in [-0.4, -0.2) is 41.9 Å². The second kappa shape index (κ2) is 6.22. The lowest BCUT2D eigenvalue weighted by Crippen LogP contribution is -2.55. The van der Waals surface area contributed by atoms with Crippen molar-refractivity contribution in [2.75, 3.05) is 13.7 Å². The standard InChI is InChI=1S/C18H21FN2O4/c1-4-18(17(24)25-3)13-12(15(22)21(5-2)16(13)23)14(20-18)10-7-6-8-11(19)9-10/h6-9,12-14,20H,4-5H2,1-3H3/t12-,13+,14-,18+/m0/s1. The van der Waals surface area contributed by atoms with Crippen LogP contribution in [0.3, 0.4) is 0 Å². The first-order valence-corrected chi connectivity index (χ1v) is 8.38. The van der Waals surface area contributed by atoms with E-state index in [0.717, 1.165) is 0 Å². The van der Waals surface area contributed by atoms with Crippen LogP contribution in [0.5, 0.6) is 0 Å². The molecule has 0 saturated carbocycles. The van der Waals surface area contributed by atoms with Crippen LogP contribution in [-0.2, 0) is 19.1 Å². The maximum Gasteiger partial charge on any atom is 0.326 e. The third kappa shape index (κ3) is 2.37. The number of methoxy groups -OCH3 is 1. The molecule has 2 aliphatic rings. The zero-order valence-corrected chi connectivity index (χ0v) is 14.4. The molecule has 0 aromatic heterocycles. The Balaban J connectivity index is 2.15. The summed E-state index contributed by atoms with van der Waals surface area (Å²) < 4.78 is 18.6. The average molecular weight is 348 g/mol. The van der Waals surface area contributed by atoms with Crippen molar-refractivity contribution in [3.8, 4) is 0 Å². The van der Waals surface area contributed by atoms with Gasteiger partial charge in [0.15, 0.2) is 0 Å². The van der Waals surface area contributed by atoms with Crippen LogP contribution in [0, 0.1) is 17.7 Å². The summed E-state index contributed by atoms with van der Waals surface area (Å²) in [5.74, 6) is -3.34. The number of ether oxygens (including phenoxy) is 1. The molecule has 2 heterocycles. The van der Waals surface area contributed by atoms with E-state index in [4.69, 9.17) is 4.74 Å². The number of hydrogen-bond acceptors (Lipinski definition) is 5. The Hall–Kier alpha value is -2.28. The molecule has 0 aliphatic carbocycles. The number of nitrogens with one attached hydrogen (secondary N) is 1. The molecule has 7 heteroatoms. The number of carbonyl (C=O) groups is 3. The number of esters is 1. The summed E-state index contributed by atoms with van der Waals surface area (Å²) in [6.07, 6.45) is 0.281. The molecule has 0 radical (unpaired) electrons. The van der Waals surface area contributed by atoms with Gasteiger partial charge < -0.3 is 4.74 Å². The van der Waals surface area contributed by atoms with Gasteiger partial charge in [0.05, 0.1) is 18.9 Å². The number of hydrogen-bond donors (Lipinski definition) is 1. The molecule has 2 saturated heterocycles. The molecule has 0 unspecified atom stereocenters. The minimum Gasteiger partial charge on any atom is -0.468 e. The third-order valence-corrected chi connectivity index (χ3v) is 5.38. The smallest absolute Gasteiger partial charge is 0.326 e. The molecule has 1 aromatic carbocycles. The lowest BCUT2D eigenvalue weighted by molar-refractivity contribution is -0.154. The minimum atomic E-state index is -1.30. The predicted molar refractivity (Wildman–Crippen MR) is 86.7 cm³/mol. The van der Waals surface area contributed by atoms with Crippen LogP contribution >= 0.6 is 0 Å². The van der Waals surface area contributed by atoms with Gasteiger partial charge in [0, 0.05) is 12.6 Å². The van der Waals surface area contributed by atoms with Crippen molar-refractivity contribution >= 4 is 17.8 Å². The van der Waals surface area contributed by atoms with Gasteiger partial charge in [-0.15, -0.1) is 0 Å². The first-order valence-electron chi connectivity index (χ1n) is 8.38. The van der Waals surface area contributed by atoms with Crippen LogP contribution in [0.15, 0.2) is 24.3 Å². The van der Waals surface area contributed by atoms with Crippen molar-refractivity contribution in [1.82, 2.24) is 10.2 Å². The van der Waals surface area contributed by atoms with Gasteiger partial charge in [0.1, 0.15) is 11.4 Å². The fourth-order valence-corrected chi connectivity index (χ4v) is 4.20. The van der Waals surface area contributed by atoms with Crippen LogP contribution < -0.4 is 5.32 Å². The van der Waals surface area contributed by atoms with E-state index in [1.807, 2.05) is 0 Å². The summed E-state index contributed by atoms with van der Waals surface area (Å²) >= 11 is 0. The number of likely N-dealkylation sites (tertiary alicyclic amines) is 1. The number of carbonyl (C=O) groups excluding carboxylic acids is 3. The van der Waals surface area contributed by atoms with E-state index < -0.39 is 35.2 Å². The van der Waals surface area contributed by atoms with Gasteiger partial charge in [-0.05, 0) is 31.0 Å². The molecular weight excluding hydrogens is 327 g/mol. The normalized spacial score (nSPS) is 31.4. The van der Waals surface area contributed by atoms with Crippen molar-refractivity contribution < 1.29 is 23.5 Å². The number of rotatable bonds is 4. The van der Waals surface area contributed by atoms with E-state index in [1.165, 1.54) is 24.1 Å². The number of benzene rings is 1. The fraction of sp³-hybridized carbons (Fsp3) is 0.500. The van der Waals surface area contributed by atoms with Crippen molar-refractivity contribution in [1.29, 1.82) is 0 Å². The number of imide groups is 1. The number of halogens is 1. The highest BCUT2D eigenvalue weighted by Crippen LogP contribution is 2.50. The van der Waals surface area contributed by atoms with E-state index in [0.29, 0.717) is 5.56 Å². The Morgan fingerprint density at radius 3 is 2.60 bits per heavy atom. The molecule has 6 nitrogen and oxygen atoms in total. The van der Waals surface area contributed by atoms with Gasteiger partial charge in [-0.1, -0.05) is 19.1 Å². The third-order valence-electron chi connectivity index (χ3n) is 5.38. The van der Waals surface area contributed by atoms with E-state index in [2.05, 4.69) is 5.32 Å². The Bertz CT molecular complexity index is 738. The summed E-state index contributed by atoms with van der Waals surface area (Å²) in [4.78, 5) is 39.4. The second-order valence-electron chi connectivity index (χ2n) is 6.42. The zero-order chi connectivity index (χ0) is 18.4. The number of amides is 2. The van der Waals surface area contributed by atoms with Crippen molar-refractivity contribution in [3.63, 3.8) is 0 Å². The van der Waals surface area contributed by atoms with Gasteiger partial charge in [0.25, 0.3) is 0 Å². The van der Waals surface area contributed by atoms with Crippen molar-refractivity contribution in [2.24, 2.45) is 11.8 Å². The molecule has 1 N–H and O–H groups in total. The number of nitrogens with zero attached hydrogens (tertiary/aromatic N) is 1. The van der Waals surface area contributed by atoms with E-state index >= 15 is 0 Å². The summed E-state index contributed by atoms with van der Waals surface area (Å²) in [7, 11) is 1.25. The SMILES string of the molecule is CCN1C(=O)[C@@H]2[C@H](c3cccc(F)c3)N[C@@](CC)(C(=O)OC)[C@H]2C1=O. The predicted octanol–water partition coefficient (Wildman–Crippen LogP) is 1.41. The average Bonchev–Trinajstić information content (AvgIpc) is 3.09. The first kappa shape index (κ1) is 17.5. The highest BCUT2D eigenvalue weighted by Gasteiger charge is 2.67. The number of fused-ring (bicyclic) bond motifs is 1. The van der Waals surface area contributed by atoms with Crippen LogP contribution in [0.25, 0.3) is 0 Å². The van der Waals surface area contributed by atoms with E-state index in [-0.39, 0.29) is 24.8 Å².